The van der Waals surface area contributed by atoms with Crippen LogP contribution in [-0.4, -0.2) is 21.1 Å². The predicted octanol–water partition coefficient (Wildman–Crippen LogP) is 13.0. The van der Waals surface area contributed by atoms with E-state index in [-0.39, 0.29) is 12.0 Å². The summed E-state index contributed by atoms with van der Waals surface area (Å²) in [5.74, 6) is 3.04. The van der Waals surface area contributed by atoms with Gasteiger partial charge in [0.1, 0.15) is 23.0 Å². The average Bonchev–Trinajstić information content (AvgIpc) is 3.87. The number of benzene rings is 7. The van der Waals surface area contributed by atoms with Crippen LogP contribution >= 0.6 is 0 Å². The molecule has 0 spiro atoms. The molecule has 0 fully saturated rings. The molecular weight excluding hydrogens is 711 g/mol. The van der Waals surface area contributed by atoms with E-state index in [1.807, 2.05) is 30.3 Å². The molecule has 0 saturated carbocycles. The molecule has 9 aromatic rings. The molecule has 3 unspecified atom stereocenters. The molecule has 5 heteroatoms. The quantitative estimate of drug-likeness (QED) is 0.164. The van der Waals surface area contributed by atoms with Crippen LogP contribution in [0, 0.1) is 0 Å². The maximum Gasteiger partial charge on any atom is 0.164 e. The second-order valence-corrected chi connectivity index (χ2v) is 15.4. The Balaban J connectivity index is 1.05. The first-order valence-corrected chi connectivity index (χ1v) is 19.9. The van der Waals surface area contributed by atoms with Gasteiger partial charge in [0.15, 0.2) is 17.5 Å². The van der Waals surface area contributed by atoms with Gasteiger partial charge in [-0.2, -0.15) is 0 Å². The maximum absolute atomic E-state index is 6.71. The van der Waals surface area contributed by atoms with Crippen LogP contribution < -0.4 is 4.74 Å². The molecule has 3 heterocycles. The molecule has 0 radical (unpaired) electrons. The second kappa shape index (κ2) is 13.1. The van der Waals surface area contributed by atoms with Crippen molar-refractivity contribution in [3.63, 3.8) is 0 Å². The fourth-order valence-corrected chi connectivity index (χ4v) is 9.11. The first kappa shape index (κ1) is 32.8. The molecule has 0 bridgehead atoms. The van der Waals surface area contributed by atoms with Crippen LogP contribution in [0.25, 0.3) is 77.4 Å². The molecule has 3 atom stereocenters. The SMILES string of the molecule is C1=CCC(c2ccc(C3=CC4Oc5ccccc5C4C(c4nc(-c5ccc6c(ccc7ccccc76)c5)nc(-c5ccc6oc7ccccc7c6c5)n4)=C3)cc2)C=C1. The Hall–Kier alpha value is -7.37. The van der Waals surface area contributed by atoms with E-state index in [2.05, 4.69) is 152 Å². The van der Waals surface area contributed by atoms with Crippen molar-refractivity contribution in [1.82, 2.24) is 15.0 Å². The van der Waals surface area contributed by atoms with E-state index in [9.17, 15) is 0 Å². The molecule has 1 aliphatic heterocycles. The minimum atomic E-state index is -0.218. The van der Waals surface area contributed by atoms with Crippen LogP contribution in [0.5, 0.6) is 5.75 Å². The number of hydrogen-bond donors (Lipinski definition) is 0. The number of para-hydroxylation sites is 2. The zero-order chi connectivity index (χ0) is 38.2. The largest absolute Gasteiger partial charge is 0.485 e. The zero-order valence-electron chi connectivity index (χ0n) is 31.4. The van der Waals surface area contributed by atoms with E-state index in [0.717, 1.165) is 72.9 Å². The summed E-state index contributed by atoms with van der Waals surface area (Å²) in [5, 5.41) is 6.86. The van der Waals surface area contributed by atoms with Gasteiger partial charge in [0.2, 0.25) is 0 Å². The number of allylic oxidation sites excluding steroid dienone is 6. The number of ether oxygens (including phenoxy) is 1. The average molecular weight is 746 g/mol. The van der Waals surface area contributed by atoms with Gasteiger partial charge in [-0.05, 0) is 93.2 Å². The lowest BCUT2D eigenvalue weighted by Crippen LogP contribution is -2.22. The lowest BCUT2D eigenvalue weighted by molar-refractivity contribution is 0.272. The Morgan fingerprint density at radius 1 is 0.534 bits per heavy atom. The number of hydrogen-bond acceptors (Lipinski definition) is 5. The summed E-state index contributed by atoms with van der Waals surface area (Å²) in [6.45, 7) is 0. The minimum absolute atomic E-state index is 0.0928. The van der Waals surface area contributed by atoms with Gasteiger partial charge >= 0.3 is 0 Å². The highest BCUT2D eigenvalue weighted by Crippen LogP contribution is 2.50. The Bertz CT molecular complexity index is 3260. The third-order valence-corrected chi connectivity index (χ3v) is 12.0. The van der Waals surface area contributed by atoms with Gasteiger partial charge in [-0.3, -0.25) is 0 Å². The van der Waals surface area contributed by atoms with Crippen molar-refractivity contribution in [3.05, 3.63) is 205 Å². The molecule has 5 nitrogen and oxygen atoms in total. The van der Waals surface area contributed by atoms with Crippen molar-refractivity contribution < 1.29 is 9.15 Å². The highest BCUT2D eigenvalue weighted by atomic mass is 16.5. The third-order valence-electron chi connectivity index (χ3n) is 12.0. The van der Waals surface area contributed by atoms with Crippen molar-refractivity contribution in [2.75, 3.05) is 0 Å². The summed E-state index contributed by atoms with van der Waals surface area (Å²) >= 11 is 0. The minimum Gasteiger partial charge on any atom is -0.485 e. The van der Waals surface area contributed by atoms with E-state index in [1.54, 1.807) is 0 Å². The van der Waals surface area contributed by atoms with Crippen LogP contribution in [0.3, 0.4) is 0 Å². The Morgan fingerprint density at radius 3 is 2.12 bits per heavy atom. The Labute approximate surface area is 335 Å². The topological polar surface area (TPSA) is 61.0 Å². The molecule has 274 valence electrons. The van der Waals surface area contributed by atoms with E-state index < -0.39 is 0 Å². The van der Waals surface area contributed by atoms with E-state index >= 15 is 0 Å². The van der Waals surface area contributed by atoms with Crippen LogP contribution in [0.4, 0.5) is 0 Å². The third kappa shape index (κ3) is 5.42. The standard InChI is InChI=1S/C53H35N3O2/c1-2-10-32(11-3-1)33-18-20-34(21-19-33)39-30-45(50-43-15-7-9-17-47(43)58-49(50)31-39)53-55-51(37-24-26-41-36(28-37)23-22-35-12-4-5-13-40(35)41)54-52(56-53)38-25-27-48-44(29-38)42-14-6-8-16-46(42)57-48/h1-10,12-32,49-50H,11H2. The first-order chi connectivity index (χ1) is 28.7. The van der Waals surface area contributed by atoms with Gasteiger partial charge in [-0.1, -0.05) is 133 Å². The molecular formula is C53H35N3O2. The number of fused-ring (bicyclic) bond motifs is 9. The molecule has 3 aliphatic rings. The molecule has 2 aliphatic carbocycles. The highest BCUT2D eigenvalue weighted by molar-refractivity contribution is 6.08. The summed E-state index contributed by atoms with van der Waals surface area (Å²) in [5.41, 5.74) is 9.16. The summed E-state index contributed by atoms with van der Waals surface area (Å²) in [7, 11) is 0. The van der Waals surface area contributed by atoms with Gasteiger partial charge in [-0.15, -0.1) is 0 Å². The lowest BCUT2D eigenvalue weighted by atomic mass is 9.80. The zero-order valence-corrected chi connectivity index (χ0v) is 31.4. The second-order valence-electron chi connectivity index (χ2n) is 15.4. The molecule has 0 saturated heterocycles. The van der Waals surface area contributed by atoms with Gasteiger partial charge in [0.05, 0.1) is 5.92 Å². The summed E-state index contributed by atoms with van der Waals surface area (Å²) in [4.78, 5) is 15.9. The Morgan fingerprint density at radius 2 is 1.24 bits per heavy atom. The van der Waals surface area contributed by atoms with Crippen LogP contribution in [0.2, 0.25) is 0 Å². The van der Waals surface area contributed by atoms with Crippen LogP contribution in [-0.2, 0) is 0 Å². The smallest absolute Gasteiger partial charge is 0.164 e. The van der Waals surface area contributed by atoms with Gasteiger partial charge in [0, 0.05) is 39.0 Å². The van der Waals surface area contributed by atoms with Crippen molar-refractivity contribution in [2.45, 2.75) is 24.4 Å². The van der Waals surface area contributed by atoms with Gasteiger partial charge in [0.25, 0.3) is 0 Å². The normalized spacial score (nSPS) is 18.3. The fraction of sp³-hybridized carbons (Fsp3) is 0.0755. The summed E-state index contributed by atoms with van der Waals surface area (Å²) in [6, 6.07) is 51.1. The fourth-order valence-electron chi connectivity index (χ4n) is 9.11. The molecule has 2 aromatic heterocycles. The van der Waals surface area contributed by atoms with E-state index in [4.69, 9.17) is 24.1 Å². The van der Waals surface area contributed by atoms with Crippen molar-refractivity contribution >= 4 is 54.6 Å². The monoisotopic (exact) mass is 745 g/mol. The van der Waals surface area contributed by atoms with Crippen molar-refractivity contribution in [2.24, 2.45) is 0 Å². The molecule has 0 amide bonds. The molecule has 12 rings (SSSR count). The predicted molar refractivity (Wildman–Crippen MR) is 235 cm³/mol. The van der Waals surface area contributed by atoms with Crippen LogP contribution in [0.1, 0.15) is 40.8 Å². The Kier molecular flexibility index (Phi) is 7.42. The summed E-state index contributed by atoms with van der Waals surface area (Å²) in [6.07, 6.45) is 14.1. The maximum atomic E-state index is 6.71. The van der Waals surface area contributed by atoms with Crippen molar-refractivity contribution in [1.29, 1.82) is 0 Å². The van der Waals surface area contributed by atoms with E-state index in [0.29, 0.717) is 23.4 Å². The molecule has 7 aromatic carbocycles. The molecule has 0 N–H and O–H groups in total. The number of rotatable bonds is 5. The molecule has 58 heavy (non-hydrogen) atoms. The van der Waals surface area contributed by atoms with Gasteiger partial charge < -0.3 is 9.15 Å². The number of furan rings is 1. The van der Waals surface area contributed by atoms with Crippen molar-refractivity contribution in [3.8, 4) is 28.5 Å². The highest BCUT2D eigenvalue weighted by Gasteiger charge is 2.40. The summed E-state index contributed by atoms with van der Waals surface area (Å²) < 4.78 is 12.9. The first-order valence-electron chi connectivity index (χ1n) is 19.9. The lowest BCUT2D eigenvalue weighted by Gasteiger charge is -2.25. The van der Waals surface area contributed by atoms with Crippen LogP contribution in [0.15, 0.2) is 186 Å². The number of nitrogens with zero attached hydrogens (tertiary/aromatic N) is 3. The number of aromatic nitrogens is 3. The van der Waals surface area contributed by atoms with E-state index in [1.165, 1.54) is 21.7 Å². The van der Waals surface area contributed by atoms with Gasteiger partial charge in [-0.25, -0.2) is 15.0 Å².